The van der Waals surface area contributed by atoms with Crippen molar-refractivity contribution in [3.63, 3.8) is 0 Å². The van der Waals surface area contributed by atoms with E-state index in [0.29, 0.717) is 25.3 Å². The Morgan fingerprint density at radius 1 is 0.926 bits per heavy atom. The number of amides is 1. The molecule has 0 atom stereocenters. The number of hydrogen-bond acceptors (Lipinski definition) is 4. The first-order chi connectivity index (χ1) is 12.9. The van der Waals surface area contributed by atoms with Gasteiger partial charge in [0.05, 0.1) is 11.4 Å². The highest BCUT2D eigenvalue weighted by atomic mass is 32.2. The molecule has 0 aliphatic rings. The van der Waals surface area contributed by atoms with E-state index in [1.807, 2.05) is 42.2 Å². The average Bonchev–Trinajstić information content (AvgIpc) is 2.67. The van der Waals surface area contributed by atoms with E-state index >= 15 is 0 Å². The summed E-state index contributed by atoms with van der Waals surface area (Å²) >= 11 is 0. The molecule has 0 aliphatic carbocycles. The van der Waals surface area contributed by atoms with E-state index in [0.717, 1.165) is 5.69 Å². The van der Waals surface area contributed by atoms with Crippen LogP contribution < -0.4 is 10.2 Å². The molecular weight excluding hydrogens is 362 g/mol. The Bertz CT molecular complexity index is 850. The highest BCUT2D eigenvalue weighted by Crippen LogP contribution is 2.20. The van der Waals surface area contributed by atoms with Crippen LogP contribution >= 0.6 is 0 Å². The fraction of sp³-hybridized carbons (Fsp3) is 0.350. The molecule has 2 aromatic rings. The first-order valence-corrected chi connectivity index (χ1v) is 10.6. The number of carbonyl (C=O) groups excluding carboxylic acids is 1. The molecule has 7 heteroatoms. The molecule has 1 amide bonds. The number of anilines is 2. The summed E-state index contributed by atoms with van der Waals surface area (Å²) in [4.78, 5) is 14.6. The second-order valence-electron chi connectivity index (χ2n) is 6.02. The summed E-state index contributed by atoms with van der Waals surface area (Å²) in [6.07, 6.45) is 0. The van der Waals surface area contributed by atoms with Crippen LogP contribution in [-0.2, 0) is 14.8 Å². The number of sulfonamides is 1. The number of carbonyl (C=O) groups is 1. The highest BCUT2D eigenvalue weighted by molar-refractivity contribution is 7.89. The van der Waals surface area contributed by atoms with E-state index in [9.17, 15) is 13.2 Å². The van der Waals surface area contributed by atoms with E-state index in [1.54, 1.807) is 32.0 Å². The Morgan fingerprint density at radius 2 is 1.59 bits per heavy atom. The Morgan fingerprint density at radius 3 is 2.19 bits per heavy atom. The summed E-state index contributed by atoms with van der Waals surface area (Å²) in [5, 5.41) is 2.80. The third-order valence-electron chi connectivity index (χ3n) is 4.30. The molecule has 2 rings (SSSR count). The minimum atomic E-state index is -3.56. The normalized spacial score (nSPS) is 11.4. The van der Waals surface area contributed by atoms with Gasteiger partial charge in [0.15, 0.2) is 0 Å². The maximum Gasteiger partial charge on any atom is 0.243 e. The highest BCUT2D eigenvalue weighted by Gasteiger charge is 2.22. The topological polar surface area (TPSA) is 69.7 Å². The van der Waals surface area contributed by atoms with Gasteiger partial charge in [0.25, 0.3) is 0 Å². The fourth-order valence-corrected chi connectivity index (χ4v) is 4.35. The van der Waals surface area contributed by atoms with Gasteiger partial charge in [-0.05, 0) is 37.3 Å². The van der Waals surface area contributed by atoms with Crippen molar-refractivity contribution in [2.24, 2.45) is 0 Å². The molecule has 0 unspecified atom stereocenters. The Balaban J connectivity index is 2.12. The maximum atomic E-state index is 12.6. The van der Waals surface area contributed by atoms with Crippen LogP contribution in [0.2, 0.25) is 0 Å². The third kappa shape index (κ3) is 5.30. The summed E-state index contributed by atoms with van der Waals surface area (Å²) in [6.45, 7) is 7.26. The van der Waals surface area contributed by atoms with Crippen LogP contribution in [-0.4, -0.2) is 44.8 Å². The van der Waals surface area contributed by atoms with Crippen molar-refractivity contribution in [2.75, 3.05) is 36.4 Å². The molecule has 0 spiro atoms. The maximum absolute atomic E-state index is 12.6. The minimum Gasteiger partial charge on any atom is -0.362 e. The number of nitrogens with zero attached hydrogens (tertiary/aromatic N) is 2. The van der Waals surface area contributed by atoms with Crippen molar-refractivity contribution >= 4 is 27.3 Å². The predicted octanol–water partition coefficient (Wildman–Crippen LogP) is 3.18. The quantitative estimate of drug-likeness (QED) is 0.715. The summed E-state index contributed by atoms with van der Waals surface area (Å²) in [5.41, 5.74) is 1.44. The van der Waals surface area contributed by atoms with Gasteiger partial charge in [-0.3, -0.25) is 4.79 Å². The van der Waals surface area contributed by atoms with Gasteiger partial charge in [0.2, 0.25) is 15.9 Å². The van der Waals surface area contributed by atoms with Gasteiger partial charge >= 0.3 is 0 Å². The predicted molar refractivity (Wildman–Crippen MR) is 110 cm³/mol. The average molecular weight is 390 g/mol. The number of hydrogen-bond donors (Lipinski definition) is 1. The molecule has 0 saturated carbocycles. The third-order valence-corrected chi connectivity index (χ3v) is 6.34. The molecule has 0 fully saturated rings. The van der Waals surface area contributed by atoms with Crippen LogP contribution in [0, 0.1) is 0 Å². The molecule has 27 heavy (non-hydrogen) atoms. The largest absolute Gasteiger partial charge is 0.362 e. The summed E-state index contributed by atoms with van der Waals surface area (Å²) in [7, 11) is -3.56. The van der Waals surface area contributed by atoms with Gasteiger partial charge in [-0.2, -0.15) is 4.31 Å². The van der Waals surface area contributed by atoms with Crippen LogP contribution in [0.25, 0.3) is 0 Å². The minimum absolute atomic E-state index is 0.180. The molecular formula is C20H27N3O3S. The van der Waals surface area contributed by atoms with Gasteiger partial charge in [-0.1, -0.05) is 38.1 Å². The smallest absolute Gasteiger partial charge is 0.243 e. The molecule has 146 valence electrons. The summed E-state index contributed by atoms with van der Waals surface area (Å²) < 4.78 is 26.7. The molecule has 0 bridgehead atoms. The van der Waals surface area contributed by atoms with Gasteiger partial charge in [-0.15, -0.1) is 0 Å². The van der Waals surface area contributed by atoms with Gasteiger partial charge in [0.1, 0.15) is 0 Å². The van der Waals surface area contributed by atoms with E-state index in [2.05, 4.69) is 5.32 Å². The van der Waals surface area contributed by atoms with E-state index in [4.69, 9.17) is 0 Å². The number of likely N-dealkylation sites (N-methyl/N-ethyl adjacent to an activating group) is 1. The Labute approximate surface area is 161 Å². The molecule has 0 aromatic heterocycles. The Hall–Kier alpha value is -2.38. The zero-order valence-electron chi connectivity index (χ0n) is 16.1. The number of para-hydroxylation sites is 1. The second kappa shape index (κ2) is 9.53. The lowest BCUT2D eigenvalue weighted by atomic mass is 10.2. The molecule has 0 radical (unpaired) electrons. The van der Waals surface area contributed by atoms with Gasteiger partial charge in [0, 0.05) is 31.0 Å². The first-order valence-electron chi connectivity index (χ1n) is 9.12. The summed E-state index contributed by atoms with van der Waals surface area (Å²) in [6, 6.07) is 16.1. The van der Waals surface area contributed by atoms with Crippen LogP contribution in [0.3, 0.4) is 0 Å². The van der Waals surface area contributed by atoms with E-state index in [1.165, 1.54) is 10.4 Å². The van der Waals surface area contributed by atoms with Crippen molar-refractivity contribution in [3.05, 3.63) is 54.6 Å². The second-order valence-corrected chi connectivity index (χ2v) is 7.95. The van der Waals surface area contributed by atoms with Crippen LogP contribution in [0.1, 0.15) is 20.8 Å². The standard InChI is InChI=1S/C20H27N3O3S/c1-4-22(18-12-8-7-9-13-18)16-20(24)21-17-11-10-14-19(15-17)27(25,26)23(5-2)6-3/h7-15H,4-6,16H2,1-3H3,(H,21,24). The van der Waals surface area contributed by atoms with Crippen molar-refractivity contribution in [1.29, 1.82) is 0 Å². The molecule has 2 aromatic carbocycles. The molecule has 0 heterocycles. The van der Waals surface area contributed by atoms with Crippen molar-refractivity contribution < 1.29 is 13.2 Å². The molecule has 6 nitrogen and oxygen atoms in total. The molecule has 1 N–H and O–H groups in total. The van der Waals surface area contributed by atoms with Crippen molar-refractivity contribution in [1.82, 2.24) is 4.31 Å². The Kier molecular flexibility index (Phi) is 7.38. The van der Waals surface area contributed by atoms with E-state index in [-0.39, 0.29) is 17.3 Å². The lowest BCUT2D eigenvalue weighted by molar-refractivity contribution is -0.115. The van der Waals surface area contributed by atoms with Crippen LogP contribution in [0.4, 0.5) is 11.4 Å². The van der Waals surface area contributed by atoms with Crippen molar-refractivity contribution in [3.8, 4) is 0 Å². The monoisotopic (exact) mass is 389 g/mol. The summed E-state index contributed by atoms with van der Waals surface area (Å²) in [5.74, 6) is -0.196. The molecule has 0 saturated heterocycles. The van der Waals surface area contributed by atoms with Gasteiger partial charge in [-0.25, -0.2) is 8.42 Å². The first kappa shape index (κ1) is 20.9. The zero-order chi connectivity index (χ0) is 19.9. The van der Waals surface area contributed by atoms with Crippen LogP contribution in [0.15, 0.2) is 59.5 Å². The van der Waals surface area contributed by atoms with E-state index < -0.39 is 10.0 Å². The lowest BCUT2D eigenvalue weighted by Gasteiger charge is -2.22. The fourth-order valence-electron chi connectivity index (χ4n) is 2.85. The number of rotatable bonds is 9. The number of benzene rings is 2. The number of nitrogens with one attached hydrogen (secondary N) is 1. The lowest BCUT2D eigenvalue weighted by Crippen LogP contribution is -2.33. The van der Waals surface area contributed by atoms with Gasteiger partial charge < -0.3 is 10.2 Å². The van der Waals surface area contributed by atoms with Crippen molar-refractivity contribution in [2.45, 2.75) is 25.7 Å². The SMILES string of the molecule is CCN(CC(=O)Nc1cccc(S(=O)(=O)N(CC)CC)c1)c1ccccc1. The van der Waals surface area contributed by atoms with Crippen LogP contribution in [0.5, 0.6) is 0 Å². The molecule has 0 aliphatic heterocycles. The zero-order valence-corrected chi connectivity index (χ0v) is 16.9.